The molecule has 1 aromatic heterocycles. The molecule has 2 aromatic rings. The van der Waals surface area contributed by atoms with Gasteiger partial charge in [0.1, 0.15) is 5.82 Å². The van der Waals surface area contributed by atoms with Gasteiger partial charge in [-0.25, -0.2) is 4.39 Å². The van der Waals surface area contributed by atoms with Crippen molar-refractivity contribution in [3.8, 4) is 0 Å². The lowest BCUT2D eigenvalue weighted by Crippen LogP contribution is -1.98. The van der Waals surface area contributed by atoms with Crippen molar-refractivity contribution < 1.29 is 14.3 Å². The lowest BCUT2D eigenvalue weighted by atomic mass is 10.1. The summed E-state index contributed by atoms with van der Waals surface area (Å²) in [7, 11) is 0. The average Bonchev–Trinajstić information content (AvgIpc) is 2.47. The van der Waals surface area contributed by atoms with Crippen LogP contribution in [0.2, 0.25) is 0 Å². The Balaban J connectivity index is 2.52. The Hall–Kier alpha value is -1.84. The van der Waals surface area contributed by atoms with Crippen LogP contribution in [-0.4, -0.2) is 16.1 Å². The largest absolute Gasteiger partial charge is 0.481 e. The molecule has 2 N–H and O–H groups in total. The molecule has 0 atom stereocenters. The van der Waals surface area contributed by atoms with Crippen molar-refractivity contribution in [1.29, 1.82) is 0 Å². The fourth-order valence-corrected chi connectivity index (χ4v) is 1.47. The summed E-state index contributed by atoms with van der Waals surface area (Å²) in [5.74, 6) is -1.23. The Kier molecular flexibility index (Phi) is 1.96. The third kappa shape index (κ3) is 1.46. The third-order valence-corrected chi connectivity index (χ3v) is 2.07. The normalized spacial score (nSPS) is 10.6. The number of H-pyrrole nitrogens is 1. The fraction of sp³-hybridized carbons (Fsp3) is 0.100. The molecule has 4 heteroatoms. The zero-order chi connectivity index (χ0) is 10.1. The highest BCUT2D eigenvalue weighted by molar-refractivity contribution is 5.86. The van der Waals surface area contributed by atoms with E-state index in [0.717, 1.165) is 5.39 Å². The monoisotopic (exact) mass is 193 g/mol. The van der Waals surface area contributed by atoms with Gasteiger partial charge in [0.2, 0.25) is 0 Å². The Morgan fingerprint density at radius 2 is 2.29 bits per heavy atom. The molecule has 0 amide bonds. The number of hydrogen-bond donors (Lipinski definition) is 2. The van der Waals surface area contributed by atoms with Crippen LogP contribution in [0.4, 0.5) is 4.39 Å². The molecule has 1 heterocycles. The summed E-state index contributed by atoms with van der Waals surface area (Å²) in [6.07, 6.45) is 1.55. The van der Waals surface area contributed by atoms with Crippen molar-refractivity contribution in [2.45, 2.75) is 6.42 Å². The summed E-state index contributed by atoms with van der Waals surface area (Å²) >= 11 is 0. The summed E-state index contributed by atoms with van der Waals surface area (Å²) in [6, 6.07) is 4.25. The first-order valence-electron chi connectivity index (χ1n) is 4.14. The molecule has 0 aliphatic rings. The summed E-state index contributed by atoms with van der Waals surface area (Å²) in [6.45, 7) is 0. The number of fused-ring (bicyclic) bond motifs is 1. The lowest BCUT2D eigenvalue weighted by molar-refractivity contribution is -0.136. The number of rotatable bonds is 2. The van der Waals surface area contributed by atoms with Gasteiger partial charge in [-0.05, 0) is 23.8 Å². The number of benzene rings is 1. The molecular formula is C10H8FNO2. The Labute approximate surface area is 79.2 Å². The van der Waals surface area contributed by atoms with E-state index in [-0.39, 0.29) is 12.2 Å². The molecular weight excluding hydrogens is 185 g/mol. The van der Waals surface area contributed by atoms with Crippen LogP contribution in [0.3, 0.4) is 0 Å². The van der Waals surface area contributed by atoms with E-state index in [1.54, 1.807) is 12.3 Å². The molecule has 0 aliphatic carbocycles. The van der Waals surface area contributed by atoms with Crippen LogP contribution in [0.15, 0.2) is 24.4 Å². The van der Waals surface area contributed by atoms with Gasteiger partial charge in [0.05, 0.1) is 6.42 Å². The van der Waals surface area contributed by atoms with Crippen LogP contribution >= 0.6 is 0 Å². The van der Waals surface area contributed by atoms with E-state index in [1.165, 1.54) is 12.1 Å². The van der Waals surface area contributed by atoms with Gasteiger partial charge in [-0.1, -0.05) is 0 Å². The standard InChI is InChI=1S/C10H8FNO2/c11-7-1-2-8-6(3-10(13)14)5-12-9(8)4-7/h1-2,4-5,12H,3H2,(H,13,14). The Bertz CT molecular complexity index is 490. The second kappa shape index (κ2) is 3.14. The van der Waals surface area contributed by atoms with Crippen molar-refractivity contribution in [3.63, 3.8) is 0 Å². The van der Waals surface area contributed by atoms with Crippen LogP contribution in [0.1, 0.15) is 5.56 Å². The first kappa shape index (κ1) is 8.74. The number of hydrogen-bond acceptors (Lipinski definition) is 1. The molecule has 1 aromatic carbocycles. The molecule has 3 nitrogen and oxygen atoms in total. The SMILES string of the molecule is O=C(O)Cc1c[nH]c2cc(F)ccc12. The highest BCUT2D eigenvalue weighted by Gasteiger charge is 2.07. The minimum atomic E-state index is -0.893. The van der Waals surface area contributed by atoms with E-state index in [4.69, 9.17) is 5.11 Å². The number of aromatic amines is 1. The lowest BCUT2D eigenvalue weighted by Gasteiger charge is -1.94. The smallest absolute Gasteiger partial charge is 0.307 e. The van der Waals surface area contributed by atoms with Gasteiger partial charge in [-0.2, -0.15) is 0 Å². The molecule has 72 valence electrons. The summed E-state index contributed by atoms with van der Waals surface area (Å²) in [4.78, 5) is 13.3. The molecule has 0 aliphatic heterocycles. The highest BCUT2D eigenvalue weighted by atomic mass is 19.1. The maximum atomic E-state index is 12.8. The van der Waals surface area contributed by atoms with E-state index >= 15 is 0 Å². The zero-order valence-electron chi connectivity index (χ0n) is 7.25. The maximum absolute atomic E-state index is 12.8. The van der Waals surface area contributed by atoms with Crippen molar-refractivity contribution in [2.24, 2.45) is 0 Å². The van der Waals surface area contributed by atoms with Crippen molar-refractivity contribution >= 4 is 16.9 Å². The Morgan fingerprint density at radius 1 is 1.50 bits per heavy atom. The average molecular weight is 193 g/mol. The number of carbonyl (C=O) groups is 1. The molecule has 14 heavy (non-hydrogen) atoms. The van der Waals surface area contributed by atoms with Crippen LogP contribution in [0.5, 0.6) is 0 Å². The van der Waals surface area contributed by atoms with Gasteiger partial charge in [0, 0.05) is 17.1 Å². The zero-order valence-corrected chi connectivity index (χ0v) is 7.25. The number of halogens is 1. The third-order valence-electron chi connectivity index (χ3n) is 2.07. The summed E-state index contributed by atoms with van der Waals surface area (Å²) < 4.78 is 12.8. The van der Waals surface area contributed by atoms with Crippen LogP contribution in [0.25, 0.3) is 10.9 Å². The number of aromatic nitrogens is 1. The van der Waals surface area contributed by atoms with E-state index in [0.29, 0.717) is 11.1 Å². The maximum Gasteiger partial charge on any atom is 0.307 e. The van der Waals surface area contributed by atoms with Crippen molar-refractivity contribution in [3.05, 3.63) is 35.8 Å². The van der Waals surface area contributed by atoms with E-state index in [9.17, 15) is 9.18 Å². The summed E-state index contributed by atoms with van der Waals surface area (Å²) in [5.41, 5.74) is 1.30. The highest BCUT2D eigenvalue weighted by Crippen LogP contribution is 2.19. The predicted octanol–water partition coefficient (Wildman–Crippen LogP) is 1.93. The van der Waals surface area contributed by atoms with Gasteiger partial charge < -0.3 is 10.1 Å². The Morgan fingerprint density at radius 3 is 3.00 bits per heavy atom. The summed E-state index contributed by atoms with van der Waals surface area (Å²) in [5, 5.41) is 9.37. The van der Waals surface area contributed by atoms with Gasteiger partial charge in [-0.15, -0.1) is 0 Å². The van der Waals surface area contributed by atoms with Gasteiger partial charge in [-0.3, -0.25) is 4.79 Å². The molecule has 0 fully saturated rings. The second-order valence-electron chi connectivity index (χ2n) is 3.07. The number of aliphatic carboxylic acids is 1. The fourth-order valence-electron chi connectivity index (χ4n) is 1.47. The molecule has 0 radical (unpaired) electrons. The van der Waals surface area contributed by atoms with Crippen molar-refractivity contribution in [2.75, 3.05) is 0 Å². The van der Waals surface area contributed by atoms with Crippen LogP contribution in [-0.2, 0) is 11.2 Å². The van der Waals surface area contributed by atoms with E-state index in [2.05, 4.69) is 4.98 Å². The first-order chi connectivity index (χ1) is 6.66. The first-order valence-corrected chi connectivity index (χ1v) is 4.14. The minimum absolute atomic E-state index is 0.0500. The number of nitrogens with one attached hydrogen (secondary N) is 1. The van der Waals surface area contributed by atoms with Gasteiger partial charge in [0.25, 0.3) is 0 Å². The molecule has 0 saturated carbocycles. The quantitative estimate of drug-likeness (QED) is 0.765. The molecule has 0 saturated heterocycles. The van der Waals surface area contributed by atoms with Crippen LogP contribution < -0.4 is 0 Å². The molecule has 0 unspecified atom stereocenters. The number of carboxylic acids is 1. The van der Waals surface area contributed by atoms with Gasteiger partial charge >= 0.3 is 5.97 Å². The predicted molar refractivity (Wildman–Crippen MR) is 49.6 cm³/mol. The minimum Gasteiger partial charge on any atom is -0.481 e. The second-order valence-corrected chi connectivity index (χ2v) is 3.07. The molecule has 2 rings (SSSR count). The molecule has 0 spiro atoms. The van der Waals surface area contributed by atoms with Crippen molar-refractivity contribution in [1.82, 2.24) is 4.98 Å². The number of carboxylic acid groups (broad SMARTS) is 1. The van der Waals surface area contributed by atoms with Crippen LogP contribution in [0, 0.1) is 5.82 Å². The van der Waals surface area contributed by atoms with E-state index < -0.39 is 5.97 Å². The van der Waals surface area contributed by atoms with Gasteiger partial charge in [0.15, 0.2) is 0 Å². The van der Waals surface area contributed by atoms with E-state index in [1.807, 2.05) is 0 Å². The topological polar surface area (TPSA) is 53.1 Å². The molecule has 0 bridgehead atoms.